The average Bonchev–Trinajstić information content (AvgIpc) is 1.98. The lowest BCUT2D eigenvalue weighted by Crippen LogP contribution is -2.29. The molecule has 0 bridgehead atoms. The molecule has 1 atom stereocenters. The van der Waals surface area contributed by atoms with Crippen LogP contribution < -0.4 is 0 Å². The summed E-state index contributed by atoms with van der Waals surface area (Å²) in [7, 11) is 0. The summed E-state index contributed by atoms with van der Waals surface area (Å²) in [6.07, 6.45) is 2.72. The number of carbonyl (C=O) groups excluding carboxylic acids is 1. The van der Waals surface area contributed by atoms with Gasteiger partial charge in [-0.25, -0.2) is 0 Å². The first-order valence-electron chi connectivity index (χ1n) is 5.65. The Labute approximate surface area is 99.4 Å². The topological polar surface area (TPSA) is 26.3 Å². The van der Waals surface area contributed by atoms with E-state index in [1.165, 1.54) is 5.57 Å². The molecular weight excluding hydrogens is 200 g/mol. The van der Waals surface area contributed by atoms with E-state index in [0.29, 0.717) is 6.42 Å². The number of carbonyl (C=O) groups is 1. The number of allylic oxidation sites excluding steroid dienone is 2. The van der Waals surface area contributed by atoms with Gasteiger partial charge in [-0.1, -0.05) is 23.8 Å². The standard InChI is InChI=1S/C14H24O2/c1-10(2)8-9-12(11(3)4)13(15)16-14(5,6)7/h8,12H,3,9H2,1-2,4-7H3. The number of esters is 1. The Morgan fingerprint density at radius 3 is 2.12 bits per heavy atom. The minimum absolute atomic E-state index is 0.183. The summed E-state index contributed by atoms with van der Waals surface area (Å²) in [6.45, 7) is 15.4. The van der Waals surface area contributed by atoms with E-state index in [1.54, 1.807) is 0 Å². The molecule has 0 saturated carbocycles. The molecule has 0 heterocycles. The molecule has 1 unspecified atom stereocenters. The lowest BCUT2D eigenvalue weighted by Gasteiger charge is -2.23. The van der Waals surface area contributed by atoms with E-state index >= 15 is 0 Å². The monoisotopic (exact) mass is 224 g/mol. The van der Waals surface area contributed by atoms with Crippen LogP contribution in [0.3, 0.4) is 0 Å². The molecule has 0 aromatic carbocycles. The van der Waals surface area contributed by atoms with Gasteiger partial charge >= 0.3 is 5.97 Å². The second-order valence-corrected chi connectivity index (χ2v) is 5.45. The molecule has 0 aromatic heterocycles. The minimum Gasteiger partial charge on any atom is -0.459 e. The lowest BCUT2D eigenvalue weighted by atomic mass is 9.97. The molecule has 2 heteroatoms. The van der Waals surface area contributed by atoms with Gasteiger partial charge in [0.05, 0.1) is 5.92 Å². The van der Waals surface area contributed by atoms with Crippen LogP contribution in [0.25, 0.3) is 0 Å². The largest absolute Gasteiger partial charge is 0.459 e. The summed E-state index contributed by atoms with van der Waals surface area (Å²) < 4.78 is 5.36. The molecule has 0 fully saturated rings. The smallest absolute Gasteiger partial charge is 0.313 e. The first-order valence-corrected chi connectivity index (χ1v) is 5.65. The Balaban J connectivity index is 4.61. The van der Waals surface area contributed by atoms with Crippen LogP contribution in [0.5, 0.6) is 0 Å². The van der Waals surface area contributed by atoms with Crippen LogP contribution >= 0.6 is 0 Å². The van der Waals surface area contributed by atoms with Crippen LogP contribution in [-0.4, -0.2) is 11.6 Å². The van der Waals surface area contributed by atoms with Crippen molar-refractivity contribution in [2.24, 2.45) is 5.92 Å². The highest BCUT2D eigenvalue weighted by molar-refractivity contribution is 5.76. The van der Waals surface area contributed by atoms with E-state index in [1.807, 2.05) is 47.6 Å². The van der Waals surface area contributed by atoms with E-state index in [-0.39, 0.29) is 11.9 Å². The second-order valence-electron chi connectivity index (χ2n) is 5.45. The van der Waals surface area contributed by atoms with Gasteiger partial charge in [0.2, 0.25) is 0 Å². The Kier molecular flexibility index (Phi) is 5.49. The van der Waals surface area contributed by atoms with Crippen molar-refractivity contribution in [2.45, 2.75) is 53.6 Å². The maximum atomic E-state index is 11.9. The van der Waals surface area contributed by atoms with Crippen LogP contribution in [0.1, 0.15) is 48.0 Å². The quantitative estimate of drug-likeness (QED) is 0.535. The molecule has 2 nitrogen and oxygen atoms in total. The van der Waals surface area contributed by atoms with E-state index in [4.69, 9.17) is 4.74 Å². The summed E-state index contributed by atoms with van der Waals surface area (Å²) in [5.74, 6) is -0.411. The Bertz CT molecular complexity index is 288. The van der Waals surface area contributed by atoms with E-state index in [2.05, 4.69) is 6.58 Å². The third-order valence-electron chi connectivity index (χ3n) is 2.05. The van der Waals surface area contributed by atoms with Crippen LogP contribution in [0.2, 0.25) is 0 Å². The third kappa shape index (κ3) is 6.44. The highest BCUT2D eigenvalue weighted by Gasteiger charge is 2.24. The molecule has 0 radical (unpaired) electrons. The van der Waals surface area contributed by atoms with Crippen LogP contribution in [-0.2, 0) is 9.53 Å². The van der Waals surface area contributed by atoms with Gasteiger partial charge < -0.3 is 4.74 Å². The van der Waals surface area contributed by atoms with E-state index in [0.717, 1.165) is 5.57 Å². The predicted octanol–water partition coefficient (Wildman–Crippen LogP) is 3.88. The van der Waals surface area contributed by atoms with Crippen LogP contribution in [0, 0.1) is 5.92 Å². The molecule has 0 spiro atoms. The zero-order chi connectivity index (χ0) is 12.9. The maximum absolute atomic E-state index is 11.9. The Morgan fingerprint density at radius 2 is 1.81 bits per heavy atom. The average molecular weight is 224 g/mol. The molecule has 0 aliphatic carbocycles. The van der Waals surface area contributed by atoms with Crippen molar-refractivity contribution in [3.05, 3.63) is 23.8 Å². The summed E-state index contributed by atoms with van der Waals surface area (Å²) in [5.41, 5.74) is 1.62. The fraction of sp³-hybridized carbons (Fsp3) is 0.643. The molecule has 0 aromatic rings. The molecule has 0 aliphatic rings. The normalized spacial score (nSPS) is 12.9. The zero-order valence-corrected chi connectivity index (χ0v) is 11.4. The number of hydrogen-bond acceptors (Lipinski definition) is 2. The van der Waals surface area contributed by atoms with Crippen LogP contribution in [0.4, 0.5) is 0 Å². The van der Waals surface area contributed by atoms with Gasteiger partial charge in [0, 0.05) is 0 Å². The molecular formula is C14H24O2. The van der Waals surface area contributed by atoms with Crippen molar-refractivity contribution in [2.75, 3.05) is 0 Å². The SMILES string of the molecule is C=C(C)C(CC=C(C)C)C(=O)OC(C)(C)C. The first-order chi connectivity index (χ1) is 7.13. The third-order valence-corrected chi connectivity index (χ3v) is 2.05. The molecule has 0 aliphatic heterocycles. The molecule has 0 saturated heterocycles. The second kappa shape index (κ2) is 5.88. The Hall–Kier alpha value is -1.05. The fourth-order valence-corrected chi connectivity index (χ4v) is 1.23. The van der Waals surface area contributed by atoms with Gasteiger partial charge in [0.25, 0.3) is 0 Å². The Morgan fingerprint density at radius 1 is 1.31 bits per heavy atom. The summed E-state index contributed by atoms with van der Waals surface area (Å²) in [6, 6.07) is 0. The summed E-state index contributed by atoms with van der Waals surface area (Å²) in [4.78, 5) is 11.9. The number of rotatable bonds is 4. The predicted molar refractivity (Wildman–Crippen MR) is 68.2 cm³/mol. The van der Waals surface area contributed by atoms with Gasteiger partial charge in [-0.15, -0.1) is 0 Å². The van der Waals surface area contributed by atoms with Crippen molar-refractivity contribution >= 4 is 5.97 Å². The highest BCUT2D eigenvalue weighted by atomic mass is 16.6. The van der Waals surface area contributed by atoms with Crippen LogP contribution in [0.15, 0.2) is 23.8 Å². The highest BCUT2D eigenvalue weighted by Crippen LogP contribution is 2.20. The first kappa shape index (κ1) is 14.9. The van der Waals surface area contributed by atoms with E-state index < -0.39 is 5.60 Å². The van der Waals surface area contributed by atoms with Gasteiger partial charge in [-0.05, 0) is 48.0 Å². The van der Waals surface area contributed by atoms with Crippen molar-refractivity contribution < 1.29 is 9.53 Å². The number of hydrogen-bond donors (Lipinski definition) is 0. The van der Waals surface area contributed by atoms with Gasteiger partial charge in [-0.3, -0.25) is 4.79 Å². The summed E-state index contributed by atoms with van der Waals surface area (Å²) in [5, 5.41) is 0. The van der Waals surface area contributed by atoms with Gasteiger partial charge in [0.1, 0.15) is 5.60 Å². The molecule has 16 heavy (non-hydrogen) atoms. The van der Waals surface area contributed by atoms with Crippen molar-refractivity contribution in [1.82, 2.24) is 0 Å². The molecule has 0 amide bonds. The molecule has 0 N–H and O–H groups in total. The molecule has 92 valence electrons. The van der Waals surface area contributed by atoms with Crippen molar-refractivity contribution in [3.63, 3.8) is 0 Å². The lowest BCUT2D eigenvalue weighted by molar-refractivity contribution is -0.158. The van der Waals surface area contributed by atoms with Crippen molar-refractivity contribution in [1.29, 1.82) is 0 Å². The van der Waals surface area contributed by atoms with Gasteiger partial charge in [-0.2, -0.15) is 0 Å². The van der Waals surface area contributed by atoms with E-state index in [9.17, 15) is 4.79 Å². The fourth-order valence-electron chi connectivity index (χ4n) is 1.23. The van der Waals surface area contributed by atoms with Crippen molar-refractivity contribution in [3.8, 4) is 0 Å². The number of ether oxygens (including phenoxy) is 1. The van der Waals surface area contributed by atoms with Gasteiger partial charge in [0.15, 0.2) is 0 Å². The minimum atomic E-state index is -0.435. The zero-order valence-electron chi connectivity index (χ0n) is 11.4. The summed E-state index contributed by atoms with van der Waals surface area (Å²) >= 11 is 0. The molecule has 0 rings (SSSR count). The maximum Gasteiger partial charge on any atom is 0.313 e.